The summed E-state index contributed by atoms with van der Waals surface area (Å²) in [6.45, 7) is 8.40. The smallest absolute Gasteiger partial charge is 0.239 e. The topological polar surface area (TPSA) is 65.5 Å². The number of rotatable bonds is 7. The van der Waals surface area contributed by atoms with Crippen molar-refractivity contribution in [2.45, 2.75) is 33.7 Å². The maximum Gasteiger partial charge on any atom is 0.239 e. The van der Waals surface area contributed by atoms with E-state index >= 15 is 0 Å². The van der Waals surface area contributed by atoms with Gasteiger partial charge in [0.05, 0.1) is 13.1 Å². The number of amides is 1. The molecule has 1 aromatic carbocycles. The summed E-state index contributed by atoms with van der Waals surface area (Å²) in [7, 11) is 0. The Morgan fingerprint density at radius 3 is 2.57 bits per heavy atom. The molecule has 0 aliphatic heterocycles. The highest BCUT2D eigenvalue weighted by Crippen LogP contribution is 2.07. The fourth-order valence-corrected chi connectivity index (χ4v) is 1.78. The normalized spacial score (nSPS) is 11.1. The van der Waals surface area contributed by atoms with E-state index in [1.165, 1.54) is 11.1 Å². The molecule has 0 atom stereocenters. The number of guanidine groups is 1. The number of carbonyl (C=O) groups excluding carboxylic acids is 1. The van der Waals surface area contributed by atoms with Crippen LogP contribution in [0.4, 0.5) is 0 Å². The molecule has 0 fully saturated rings. The average molecular weight is 290 g/mol. The predicted octanol–water partition coefficient (Wildman–Crippen LogP) is 1.58. The number of hydrogen-bond donors (Lipinski definition) is 3. The highest BCUT2D eigenvalue weighted by atomic mass is 16.1. The van der Waals surface area contributed by atoms with E-state index in [0.717, 1.165) is 13.0 Å². The van der Waals surface area contributed by atoms with Crippen molar-refractivity contribution in [1.29, 1.82) is 0 Å². The Hall–Kier alpha value is -2.04. The first kappa shape index (κ1) is 17.0. The highest BCUT2D eigenvalue weighted by molar-refractivity contribution is 5.86. The quantitative estimate of drug-likeness (QED) is 0.527. The maximum absolute atomic E-state index is 11.6. The predicted molar refractivity (Wildman–Crippen MR) is 87.3 cm³/mol. The Bertz CT molecular complexity index is 471. The molecule has 21 heavy (non-hydrogen) atoms. The first-order valence-electron chi connectivity index (χ1n) is 7.50. The van der Waals surface area contributed by atoms with Crippen LogP contribution in [0, 0.1) is 6.92 Å². The molecule has 0 aromatic heterocycles. The van der Waals surface area contributed by atoms with Crippen molar-refractivity contribution in [3.63, 3.8) is 0 Å². The molecular formula is C16H26N4O. The zero-order valence-electron chi connectivity index (χ0n) is 13.2. The summed E-state index contributed by atoms with van der Waals surface area (Å²) in [5.74, 6) is 0.644. The van der Waals surface area contributed by atoms with Crippen LogP contribution in [0.3, 0.4) is 0 Å². The SMILES string of the molecule is CCCNC(=O)CNC(=NCc1ccccc1C)NCC. The second-order valence-electron chi connectivity index (χ2n) is 4.83. The van der Waals surface area contributed by atoms with E-state index in [9.17, 15) is 4.79 Å². The van der Waals surface area contributed by atoms with Crippen LogP contribution in [-0.4, -0.2) is 31.5 Å². The lowest BCUT2D eigenvalue weighted by atomic mass is 10.1. The van der Waals surface area contributed by atoms with Crippen molar-refractivity contribution in [2.75, 3.05) is 19.6 Å². The molecule has 0 unspecified atom stereocenters. The van der Waals surface area contributed by atoms with Gasteiger partial charge in [-0.25, -0.2) is 4.99 Å². The molecule has 0 saturated heterocycles. The van der Waals surface area contributed by atoms with Gasteiger partial charge in [0.2, 0.25) is 5.91 Å². The van der Waals surface area contributed by atoms with Gasteiger partial charge in [-0.1, -0.05) is 31.2 Å². The van der Waals surface area contributed by atoms with Gasteiger partial charge in [0.15, 0.2) is 5.96 Å². The summed E-state index contributed by atoms with van der Waals surface area (Å²) < 4.78 is 0. The minimum absolute atomic E-state index is 0.0154. The van der Waals surface area contributed by atoms with E-state index in [4.69, 9.17) is 0 Å². The number of hydrogen-bond acceptors (Lipinski definition) is 2. The summed E-state index contributed by atoms with van der Waals surface area (Å²) in [6, 6.07) is 8.17. The molecule has 3 N–H and O–H groups in total. The van der Waals surface area contributed by atoms with Crippen LogP contribution in [0.2, 0.25) is 0 Å². The van der Waals surface area contributed by atoms with Crippen molar-refractivity contribution >= 4 is 11.9 Å². The number of benzene rings is 1. The Morgan fingerprint density at radius 2 is 1.90 bits per heavy atom. The molecule has 0 aliphatic carbocycles. The monoisotopic (exact) mass is 290 g/mol. The number of nitrogens with one attached hydrogen (secondary N) is 3. The minimum atomic E-state index is -0.0154. The third kappa shape index (κ3) is 6.79. The Kier molecular flexibility index (Phi) is 7.94. The van der Waals surface area contributed by atoms with Crippen LogP contribution in [0.15, 0.2) is 29.3 Å². The van der Waals surface area contributed by atoms with Gasteiger partial charge >= 0.3 is 0 Å². The zero-order valence-corrected chi connectivity index (χ0v) is 13.2. The molecule has 0 heterocycles. The molecule has 0 spiro atoms. The van der Waals surface area contributed by atoms with E-state index in [1.807, 2.05) is 26.0 Å². The number of nitrogens with zero attached hydrogens (tertiary/aromatic N) is 1. The maximum atomic E-state index is 11.6. The van der Waals surface area contributed by atoms with Gasteiger partial charge < -0.3 is 16.0 Å². The van der Waals surface area contributed by atoms with Gasteiger partial charge in [-0.05, 0) is 31.4 Å². The molecule has 0 radical (unpaired) electrons. The molecule has 1 rings (SSSR count). The van der Waals surface area contributed by atoms with Gasteiger partial charge in [0.1, 0.15) is 0 Å². The number of aryl methyl sites for hydroxylation is 1. The summed E-state index contributed by atoms with van der Waals surface area (Å²) in [6.07, 6.45) is 0.938. The van der Waals surface area contributed by atoms with Gasteiger partial charge in [-0.2, -0.15) is 0 Å². The standard InChI is InChI=1S/C16H26N4O/c1-4-10-18-15(21)12-20-16(17-5-2)19-11-14-9-7-6-8-13(14)3/h6-9H,4-5,10-12H2,1-3H3,(H,18,21)(H2,17,19,20). The van der Waals surface area contributed by atoms with Crippen LogP contribution in [0.25, 0.3) is 0 Å². The van der Waals surface area contributed by atoms with Crippen molar-refractivity contribution in [3.8, 4) is 0 Å². The lowest BCUT2D eigenvalue weighted by Gasteiger charge is -2.11. The van der Waals surface area contributed by atoms with Crippen molar-refractivity contribution < 1.29 is 4.79 Å². The van der Waals surface area contributed by atoms with Gasteiger partial charge in [0, 0.05) is 13.1 Å². The van der Waals surface area contributed by atoms with Gasteiger partial charge in [0.25, 0.3) is 0 Å². The second kappa shape index (κ2) is 9.80. The molecule has 0 saturated carbocycles. The molecular weight excluding hydrogens is 264 g/mol. The largest absolute Gasteiger partial charge is 0.357 e. The van der Waals surface area contributed by atoms with E-state index < -0.39 is 0 Å². The molecule has 1 aromatic rings. The first-order valence-corrected chi connectivity index (χ1v) is 7.50. The summed E-state index contributed by atoms with van der Waals surface area (Å²) in [5.41, 5.74) is 2.41. The summed E-state index contributed by atoms with van der Waals surface area (Å²) in [4.78, 5) is 16.1. The lowest BCUT2D eigenvalue weighted by molar-refractivity contribution is -0.120. The van der Waals surface area contributed by atoms with Crippen molar-refractivity contribution in [1.82, 2.24) is 16.0 Å². The average Bonchev–Trinajstić information content (AvgIpc) is 2.49. The van der Waals surface area contributed by atoms with E-state index in [0.29, 0.717) is 19.0 Å². The lowest BCUT2D eigenvalue weighted by Crippen LogP contribution is -2.43. The molecule has 5 heteroatoms. The molecule has 5 nitrogen and oxygen atoms in total. The fraction of sp³-hybridized carbons (Fsp3) is 0.500. The van der Waals surface area contributed by atoms with Crippen LogP contribution in [-0.2, 0) is 11.3 Å². The number of aliphatic imine (C=N–C) groups is 1. The highest BCUT2D eigenvalue weighted by Gasteiger charge is 2.03. The Balaban J connectivity index is 2.54. The van der Waals surface area contributed by atoms with E-state index in [-0.39, 0.29) is 12.5 Å². The fourth-order valence-electron chi connectivity index (χ4n) is 1.78. The third-order valence-electron chi connectivity index (χ3n) is 3.00. The third-order valence-corrected chi connectivity index (χ3v) is 3.00. The molecule has 116 valence electrons. The van der Waals surface area contributed by atoms with E-state index in [2.05, 4.69) is 40.0 Å². The number of carbonyl (C=O) groups is 1. The molecule has 0 bridgehead atoms. The molecule has 0 aliphatic rings. The Morgan fingerprint density at radius 1 is 1.14 bits per heavy atom. The zero-order chi connectivity index (χ0) is 15.5. The van der Waals surface area contributed by atoms with Crippen LogP contribution in [0.1, 0.15) is 31.4 Å². The van der Waals surface area contributed by atoms with E-state index in [1.54, 1.807) is 0 Å². The van der Waals surface area contributed by atoms with Crippen molar-refractivity contribution in [2.24, 2.45) is 4.99 Å². The van der Waals surface area contributed by atoms with Gasteiger partial charge in [-0.15, -0.1) is 0 Å². The van der Waals surface area contributed by atoms with Gasteiger partial charge in [-0.3, -0.25) is 4.79 Å². The first-order chi connectivity index (χ1) is 10.2. The van der Waals surface area contributed by atoms with Crippen LogP contribution in [0.5, 0.6) is 0 Å². The van der Waals surface area contributed by atoms with Crippen LogP contribution < -0.4 is 16.0 Å². The Labute approximate surface area is 127 Å². The van der Waals surface area contributed by atoms with Crippen molar-refractivity contribution in [3.05, 3.63) is 35.4 Å². The molecule has 1 amide bonds. The second-order valence-corrected chi connectivity index (χ2v) is 4.83. The van der Waals surface area contributed by atoms with Crippen LogP contribution >= 0.6 is 0 Å². The summed E-state index contributed by atoms with van der Waals surface area (Å²) in [5, 5.41) is 9.02. The summed E-state index contributed by atoms with van der Waals surface area (Å²) >= 11 is 0. The minimum Gasteiger partial charge on any atom is -0.357 e.